The molecule has 1 heterocycles. The van der Waals surface area contributed by atoms with E-state index in [2.05, 4.69) is 6.92 Å². The maximum atomic E-state index is 11.6. The Morgan fingerprint density at radius 2 is 2.25 bits per heavy atom. The first kappa shape index (κ1) is 13.0. The van der Waals surface area contributed by atoms with E-state index < -0.39 is 12.1 Å². The van der Waals surface area contributed by atoms with Gasteiger partial charge in [0, 0.05) is 19.5 Å². The highest BCUT2D eigenvalue weighted by molar-refractivity contribution is 5.76. The van der Waals surface area contributed by atoms with Gasteiger partial charge in [0.15, 0.2) is 0 Å². The zero-order chi connectivity index (χ0) is 12.1. The van der Waals surface area contributed by atoms with Gasteiger partial charge in [0.25, 0.3) is 0 Å². The summed E-state index contributed by atoms with van der Waals surface area (Å²) >= 11 is 0. The monoisotopic (exact) mass is 229 g/mol. The second-order valence-corrected chi connectivity index (χ2v) is 4.52. The van der Waals surface area contributed by atoms with Crippen LogP contribution in [0, 0.1) is 5.92 Å². The van der Waals surface area contributed by atoms with E-state index >= 15 is 0 Å². The molecule has 1 rings (SSSR count). The molecule has 1 saturated heterocycles. The summed E-state index contributed by atoms with van der Waals surface area (Å²) in [7, 11) is 0. The zero-order valence-corrected chi connectivity index (χ0v) is 9.56. The van der Waals surface area contributed by atoms with Gasteiger partial charge in [0.05, 0.1) is 12.5 Å². The molecule has 2 atom stereocenters. The van der Waals surface area contributed by atoms with Gasteiger partial charge in [-0.05, 0) is 18.8 Å². The lowest BCUT2D eigenvalue weighted by molar-refractivity contribution is -0.141. The van der Waals surface area contributed by atoms with Crippen molar-refractivity contribution < 1.29 is 19.8 Å². The molecule has 1 aliphatic heterocycles. The highest BCUT2D eigenvalue weighted by Gasteiger charge is 2.22. The van der Waals surface area contributed by atoms with Crippen molar-refractivity contribution in [1.29, 1.82) is 0 Å². The molecule has 0 aromatic rings. The van der Waals surface area contributed by atoms with E-state index in [0.717, 1.165) is 12.8 Å². The number of amides is 1. The number of rotatable bonds is 4. The number of nitrogens with zero attached hydrogens (tertiary/aromatic N) is 1. The molecule has 5 nitrogen and oxygen atoms in total. The lowest BCUT2D eigenvalue weighted by atomic mass is 10.0. The molecule has 1 aliphatic rings. The summed E-state index contributed by atoms with van der Waals surface area (Å²) in [5, 5.41) is 18.0. The number of aliphatic hydroxyl groups excluding tert-OH is 1. The van der Waals surface area contributed by atoms with Crippen molar-refractivity contribution in [3.05, 3.63) is 0 Å². The molecule has 0 aromatic heterocycles. The second kappa shape index (κ2) is 5.84. The first-order chi connectivity index (χ1) is 7.49. The average Bonchev–Trinajstić information content (AvgIpc) is 2.32. The number of aliphatic hydroxyl groups is 1. The fourth-order valence-corrected chi connectivity index (χ4v) is 1.89. The van der Waals surface area contributed by atoms with Crippen molar-refractivity contribution in [2.24, 2.45) is 5.92 Å². The Hall–Kier alpha value is -1.10. The van der Waals surface area contributed by atoms with E-state index in [1.807, 2.05) is 0 Å². The first-order valence-corrected chi connectivity index (χ1v) is 5.66. The minimum atomic E-state index is -1.04. The van der Waals surface area contributed by atoms with Crippen LogP contribution in [0.25, 0.3) is 0 Å². The highest BCUT2D eigenvalue weighted by Crippen LogP contribution is 2.17. The maximum Gasteiger partial charge on any atom is 0.306 e. The van der Waals surface area contributed by atoms with Crippen LogP contribution in [0.4, 0.5) is 0 Å². The fraction of sp³-hybridized carbons (Fsp3) is 0.818. The van der Waals surface area contributed by atoms with E-state index in [0.29, 0.717) is 18.9 Å². The number of carboxylic acids is 1. The summed E-state index contributed by atoms with van der Waals surface area (Å²) in [5.74, 6) is -0.498. The summed E-state index contributed by atoms with van der Waals surface area (Å²) in [6, 6.07) is 0. The molecule has 2 N–H and O–H groups in total. The third-order valence-corrected chi connectivity index (χ3v) is 2.94. The van der Waals surface area contributed by atoms with Gasteiger partial charge in [-0.1, -0.05) is 6.92 Å². The van der Waals surface area contributed by atoms with Crippen LogP contribution in [0.2, 0.25) is 0 Å². The molecule has 0 bridgehead atoms. The number of β-amino-alcohol motifs (C(OH)–C–C–N with tert-alkyl or cyclic N) is 1. The normalized spacial score (nSPS) is 24.0. The van der Waals surface area contributed by atoms with Crippen LogP contribution in [-0.2, 0) is 9.59 Å². The van der Waals surface area contributed by atoms with Gasteiger partial charge >= 0.3 is 5.97 Å². The molecular formula is C11H19NO4. The number of carbonyl (C=O) groups excluding carboxylic acids is 1. The lowest BCUT2D eigenvalue weighted by Crippen LogP contribution is -2.38. The SMILES string of the molecule is CC1CCC(=O)N(CC(O)CC(=O)O)CC1. The molecule has 5 heteroatoms. The molecule has 0 aromatic carbocycles. The molecule has 1 fully saturated rings. The van der Waals surface area contributed by atoms with Crippen LogP contribution in [0.15, 0.2) is 0 Å². The minimum absolute atomic E-state index is 0.0220. The topological polar surface area (TPSA) is 77.8 Å². The summed E-state index contributed by atoms with van der Waals surface area (Å²) in [6.45, 7) is 2.86. The van der Waals surface area contributed by atoms with Crippen LogP contribution < -0.4 is 0 Å². The summed E-state index contributed by atoms with van der Waals surface area (Å²) in [4.78, 5) is 23.6. The zero-order valence-electron chi connectivity index (χ0n) is 9.56. The quantitative estimate of drug-likeness (QED) is 0.734. The van der Waals surface area contributed by atoms with Gasteiger partial charge in [-0.15, -0.1) is 0 Å². The van der Waals surface area contributed by atoms with E-state index in [1.165, 1.54) is 0 Å². The number of carboxylic acid groups (broad SMARTS) is 1. The summed E-state index contributed by atoms with van der Waals surface area (Å²) in [6.07, 6.45) is 1.03. The van der Waals surface area contributed by atoms with Crippen molar-refractivity contribution in [2.45, 2.75) is 38.7 Å². The Labute approximate surface area is 95.1 Å². The van der Waals surface area contributed by atoms with E-state index in [1.54, 1.807) is 4.90 Å². The van der Waals surface area contributed by atoms with Crippen molar-refractivity contribution in [3.63, 3.8) is 0 Å². The smallest absolute Gasteiger partial charge is 0.306 e. The van der Waals surface area contributed by atoms with Crippen molar-refractivity contribution in [3.8, 4) is 0 Å². The third kappa shape index (κ3) is 4.18. The average molecular weight is 229 g/mol. The molecule has 16 heavy (non-hydrogen) atoms. The summed E-state index contributed by atoms with van der Waals surface area (Å²) < 4.78 is 0. The predicted octanol–water partition coefficient (Wildman–Crippen LogP) is 0.471. The maximum absolute atomic E-state index is 11.6. The first-order valence-electron chi connectivity index (χ1n) is 5.66. The fourth-order valence-electron chi connectivity index (χ4n) is 1.89. The Kier molecular flexibility index (Phi) is 4.73. The van der Waals surface area contributed by atoms with Gasteiger partial charge < -0.3 is 15.1 Å². The molecule has 0 spiro atoms. The Bertz CT molecular complexity index is 267. The van der Waals surface area contributed by atoms with Crippen LogP contribution in [-0.4, -0.2) is 46.2 Å². The molecule has 1 amide bonds. The van der Waals surface area contributed by atoms with Crippen LogP contribution >= 0.6 is 0 Å². The second-order valence-electron chi connectivity index (χ2n) is 4.52. The third-order valence-electron chi connectivity index (χ3n) is 2.94. The van der Waals surface area contributed by atoms with Crippen molar-refractivity contribution >= 4 is 11.9 Å². The standard InChI is InChI=1S/C11H19NO4/c1-8-2-3-10(14)12(5-4-8)7-9(13)6-11(15)16/h8-9,13H,2-7H2,1H3,(H,15,16). The van der Waals surface area contributed by atoms with Gasteiger partial charge in [-0.2, -0.15) is 0 Å². The van der Waals surface area contributed by atoms with E-state index in [-0.39, 0.29) is 18.9 Å². The number of hydrogen-bond acceptors (Lipinski definition) is 3. The van der Waals surface area contributed by atoms with Gasteiger partial charge in [-0.3, -0.25) is 9.59 Å². The van der Waals surface area contributed by atoms with Crippen LogP contribution in [0.1, 0.15) is 32.6 Å². The lowest BCUT2D eigenvalue weighted by Gasteiger charge is -2.23. The molecule has 2 unspecified atom stereocenters. The van der Waals surface area contributed by atoms with Crippen molar-refractivity contribution in [2.75, 3.05) is 13.1 Å². The number of likely N-dealkylation sites (tertiary alicyclic amines) is 1. The van der Waals surface area contributed by atoms with Crippen LogP contribution in [0.3, 0.4) is 0 Å². The minimum Gasteiger partial charge on any atom is -0.481 e. The molecule has 0 aliphatic carbocycles. The predicted molar refractivity (Wildman–Crippen MR) is 57.9 cm³/mol. The van der Waals surface area contributed by atoms with Crippen molar-refractivity contribution in [1.82, 2.24) is 4.90 Å². The molecular weight excluding hydrogens is 210 g/mol. The largest absolute Gasteiger partial charge is 0.481 e. The van der Waals surface area contributed by atoms with Gasteiger partial charge in [0.1, 0.15) is 0 Å². The molecule has 0 saturated carbocycles. The van der Waals surface area contributed by atoms with E-state index in [9.17, 15) is 14.7 Å². The summed E-state index contributed by atoms with van der Waals surface area (Å²) in [5.41, 5.74) is 0. The number of aliphatic carboxylic acids is 1. The number of hydrogen-bond donors (Lipinski definition) is 2. The molecule has 92 valence electrons. The van der Waals surface area contributed by atoms with Gasteiger partial charge in [-0.25, -0.2) is 0 Å². The van der Waals surface area contributed by atoms with Gasteiger partial charge in [0.2, 0.25) is 5.91 Å². The highest BCUT2D eigenvalue weighted by atomic mass is 16.4. The number of carbonyl (C=O) groups is 2. The Morgan fingerprint density at radius 3 is 2.88 bits per heavy atom. The van der Waals surface area contributed by atoms with Crippen LogP contribution in [0.5, 0.6) is 0 Å². The Balaban J connectivity index is 2.45. The Morgan fingerprint density at radius 1 is 1.56 bits per heavy atom. The van der Waals surface area contributed by atoms with E-state index in [4.69, 9.17) is 5.11 Å². The molecule has 0 radical (unpaired) electrons.